The average Bonchev–Trinajstić information content (AvgIpc) is 3.14. The third kappa shape index (κ3) is 7.56. The molecule has 170 valence electrons. The van der Waals surface area contributed by atoms with Crippen molar-refractivity contribution in [2.75, 3.05) is 33.4 Å². The zero-order valence-corrected chi connectivity index (χ0v) is 20.0. The zero-order chi connectivity index (χ0) is 22.8. The fourth-order valence-corrected chi connectivity index (χ4v) is 3.74. The van der Waals surface area contributed by atoms with E-state index in [1.807, 2.05) is 34.8 Å². The second-order valence-corrected chi connectivity index (χ2v) is 8.32. The lowest BCUT2D eigenvalue weighted by molar-refractivity contribution is -0.132. The van der Waals surface area contributed by atoms with Gasteiger partial charge in [0, 0.05) is 50.8 Å². The molecule has 0 fully saturated rings. The summed E-state index contributed by atoms with van der Waals surface area (Å²) in [5.74, 6) is -0.383. The summed E-state index contributed by atoms with van der Waals surface area (Å²) in [5, 5.41) is 0.727. The molecule has 0 bridgehead atoms. The van der Waals surface area contributed by atoms with Crippen LogP contribution in [0, 0.1) is 0 Å². The standard InChI is InChI=1S/C23H31Cl2N3O3/c1-4-5-12-27(16-19-8-6-11-26(19)2)22(29)17-28(13-7-14-31-3)23(30)20-10-9-18(24)15-21(20)25/h6,8-11,15H,4-5,7,12-14,16-17H2,1-3H3. The number of hydrogen-bond donors (Lipinski definition) is 0. The minimum Gasteiger partial charge on any atom is -0.385 e. The second kappa shape index (κ2) is 12.7. The molecule has 0 spiro atoms. The van der Waals surface area contributed by atoms with E-state index in [4.69, 9.17) is 27.9 Å². The number of unbranched alkanes of at least 4 members (excludes halogenated alkanes) is 1. The summed E-state index contributed by atoms with van der Waals surface area (Å²) in [6.07, 6.45) is 4.46. The van der Waals surface area contributed by atoms with Crippen molar-refractivity contribution in [1.82, 2.24) is 14.4 Å². The summed E-state index contributed by atoms with van der Waals surface area (Å²) >= 11 is 12.2. The summed E-state index contributed by atoms with van der Waals surface area (Å²) < 4.78 is 7.13. The number of carbonyl (C=O) groups is 2. The Morgan fingerprint density at radius 3 is 2.45 bits per heavy atom. The van der Waals surface area contributed by atoms with Crippen molar-refractivity contribution in [3.63, 3.8) is 0 Å². The van der Waals surface area contributed by atoms with E-state index in [1.165, 1.54) is 6.07 Å². The molecule has 2 amide bonds. The largest absolute Gasteiger partial charge is 0.385 e. The number of rotatable bonds is 12. The molecule has 0 N–H and O–H groups in total. The van der Waals surface area contributed by atoms with Crippen molar-refractivity contribution in [2.45, 2.75) is 32.7 Å². The lowest BCUT2D eigenvalue weighted by Gasteiger charge is -2.28. The van der Waals surface area contributed by atoms with Crippen LogP contribution in [0.2, 0.25) is 10.0 Å². The predicted octanol–water partition coefficient (Wildman–Crippen LogP) is 4.64. The monoisotopic (exact) mass is 467 g/mol. The summed E-state index contributed by atoms with van der Waals surface area (Å²) in [5.41, 5.74) is 1.38. The lowest BCUT2D eigenvalue weighted by atomic mass is 10.2. The average molecular weight is 468 g/mol. The van der Waals surface area contributed by atoms with Gasteiger partial charge in [-0.3, -0.25) is 9.59 Å². The Labute approximate surface area is 194 Å². The molecule has 0 atom stereocenters. The molecule has 0 unspecified atom stereocenters. The van der Waals surface area contributed by atoms with E-state index in [0.717, 1.165) is 18.5 Å². The molecule has 1 aromatic heterocycles. The molecule has 1 heterocycles. The van der Waals surface area contributed by atoms with Crippen molar-refractivity contribution in [3.05, 3.63) is 57.8 Å². The highest BCUT2D eigenvalue weighted by Gasteiger charge is 2.24. The molecular formula is C23H31Cl2N3O3. The maximum atomic E-state index is 13.2. The first-order chi connectivity index (χ1) is 14.9. The number of methoxy groups -OCH3 is 1. The van der Waals surface area contributed by atoms with Gasteiger partial charge < -0.3 is 19.1 Å². The SMILES string of the molecule is CCCCN(Cc1cccn1C)C(=O)CN(CCCOC)C(=O)c1ccc(Cl)cc1Cl. The maximum absolute atomic E-state index is 13.2. The Morgan fingerprint density at radius 1 is 1.10 bits per heavy atom. The number of nitrogens with zero attached hydrogens (tertiary/aromatic N) is 3. The van der Waals surface area contributed by atoms with Crippen LogP contribution in [0.3, 0.4) is 0 Å². The normalized spacial score (nSPS) is 10.9. The quantitative estimate of drug-likeness (QED) is 0.427. The van der Waals surface area contributed by atoms with Crippen molar-refractivity contribution >= 4 is 35.0 Å². The first kappa shape index (κ1) is 25.2. The van der Waals surface area contributed by atoms with Crippen LogP contribution in [0.25, 0.3) is 0 Å². The summed E-state index contributed by atoms with van der Waals surface area (Å²) in [6, 6.07) is 8.72. The molecule has 31 heavy (non-hydrogen) atoms. The van der Waals surface area contributed by atoms with E-state index in [1.54, 1.807) is 24.1 Å². The molecule has 0 aliphatic carbocycles. The van der Waals surface area contributed by atoms with Crippen LogP contribution >= 0.6 is 23.2 Å². The molecule has 0 aliphatic rings. The van der Waals surface area contributed by atoms with Crippen LogP contribution < -0.4 is 0 Å². The van der Waals surface area contributed by atoms with Gasteiger partial charge in [-0.15, -0.1) is 0 Å². The van der Waals surface area contributed by atoms with Gasteiger partial charge in [0.25, 0.3) is 5.91 Å². The molecule has 0 saturated heterocycles. The molecule has 2 aromatic rings. The summed E-state index contributed by atoms with van der Waals surface area (Å²) in [6.45, 7) is 4.11. The van der Waals surface area contributed by atoms with E-state index in [-0.39, 0.29) is 23.4 Å². The van der Waals surface area contributed by atoms with Crippen molar-refractivity contribution in [1.29, 1.82) is 0 Å². The molecule has 0 aliphatic heterocycles. The Hall–Kier alpha value is -2.02. The number of halogens is 2. The Balaban J connectivity index is 2.20. The Bertz CT molecular complexity index is 870. The van der Waals surface area contributed by atoms with Gasteiger partial charge >= 0.3 is 0 Å². The number of benzene rings is 1. The highest BCUT2D eigenvalue weighted by molar-refractivity contribution is 6.36. The van der Waals surface area contributed by atoms with Crippen LogP contribution in [0.1, 0.15) is 42.2 Å². The fourth-order valence-electron chi connectivity index (χ4n) is 3.25. The van der Waals surface area contributed by atoms with Crippen LogP contribution in [0.5, 0.6) is 0 Å². The summed E-state index contributed by atoms with van der Waals surface area (Å²) in [4.78, 5) is 29.8. The highest BCUT2D eigenvalue weighted by Crippen LogP contribution is 2.22. The topological polar surface area (TPSA) is 54.8 Å². The van der Waals surface area contributed by atoms with Gasteiger partial charge in [-0.05, 0) is 43.2 Å². The molecule has 1 aromatic carbocycles. The van der Waals surface area contributed by atoms with E-state index in [2.05, 4.69) is 6.92 Å². The number of carbonyl (C=O) groups excluding carboxylic acids is 2. The van der Waals surface area contributed by atoms with Crippen molar-refractivity contribution in [3.8, 4) is 0 Å². The minimum absolute atomic E-state index is 0.0182. The molecule has 2 rings (SSSR count). The van der Waals surface area contributed by atoms with Crippen LogP contribution in [-0.2, 0) is 23.1 Å². The van der Waals surface area contributed by atoms with Crippen LogP contribution in [0.4, 0.5) is 0 Å². The van der Waals surface area contributed by atoms with Gasteiger partial charge in [-0.1, -0.05) is 36.5 Å². The number of amides is 2. The third-order valence-corrected chi connectivity index (χ3v) is 5.64. The number of hydrogen-bond acceptors (Lipinski definition) is 3. The van der Waals surface area contributed by atoms with Gasteiger partial charge in [0.1, 0.15) is 6.54 Å². The van der Waals surface area contributed by atoms with Crippen molar-refractivity contribution < 1.29 is 14.3 Å². The van der Waals surface area contributed by atoms with Gasteiger partial charge in [0.2, 0.25) is 5.91 Å². The van der Waals surface area contributed by atoms with Gasteiger partial charge in [-0.2, -0.15) is 0 Å². The predicted molar refractivity (Wildman–Crippen MR) is 125 cm³/mol. The lowest BCUT2D eigenvalue weighted by Crippen LogP contribution is -2.44. The molecule has 8 heteroatoms. The van der Waals surface area contributed by atoms with E-state index in [0.29, 0.717) is 43.2 Å². The Kier molecular flexibility index (Phi) is 10.4. The molecule has 0 radical (unpaired) electrons. The first-order valence-electron chi connectivity index (χ1n) is 10.5. The highest BCUT2D eigenvalue weighted by atomic mass is 35.5. The fraction of sp³-hybridized carbons (Fsp3) is 0.478. The van der Waals surface area contributed by atoms with E-state index < -0.39 is 0 Å². The van der Waals surface area contributed by atoms with Gasteiger partial charge in [0.15, 0.2) is 0 Å². The van der Waals surface area contributed by atoms with E-state index >= 15 is 0 Å². The first-order valence-corrected chi connectivity index (χ1v) is 11.2. The molecule has 0 saturated carbocycles. The number of ether oxygens (including phenoxy) is 1. The minimum atomic E-state index is -0.291. The number of aryl methyl sites for hydroxylation is 1. The molecule has 6 nitrogen and oxygen atoms in total. The summed E-state index contributed by atoms with van der Waals surface area (Å²) in [7, 11) is 3.57. The van der Waals surface area contributed by atoms with E-state index in [9.17, 15) is 9.59 Å². The number of aromatic nitrogens is 1. The Morgan fingerprint density at radius 2 is 1.84 bits per heavy atom. The van der Waals surface area contributed by atoms with Gasteiger partial charge in [-0.25, -0.2) is 0 Å². The van der Waals surface area contributed by atoms with Gasteiger partial charge in [0.05, 0.1) is 17.1 Å². The smallest absolute Gasteiger partial charge is 0.255 e. The van der Waals surface area contributed by atoms with Crippen LogP contribution in [-0.4, -0.2) is 59.5 Å². The molecular weight excluding hydrogens is 437 g/mol. The maximum Gasteiger partial charge on any atom is 0.255 e. The zero-order valence-electron chi connectivity index (χ0n) is 18.4. The third-order valence-electron chi connectivity index (χ3n) is 5.09. The van der Waals surface area contributed by atoms with Crippen molar-refractivity contribution in [2.24, 2.45) is 7.05 Å². The van der Waals surface area contributed by atoms with Crippen LogP contribution in [0.15, 0.2) is 36.5 Å². The second-order valence-electron chi connectivity index (χ2n) is 7.48.